The predicted molar refractivity (Wildman–Crippen MR) is 111 cm³/mol. The Morgan fingerprint density at radius 2 is 0.704 bits per heavy atom. The van der Waals surface area contributed by atoms with Crippen molar-refractivity contribution in [2.24, 2.45) is 0 Å². The van der Waals surface area contributed by atoms with Crippen LogP contribution < -0.4 is 0 Å². The second-order valence-electron chi connectivity index (χ2n) is 8.08. The Morgan fingerprint density at radius 3 is 1.19 bits per heavy atom. The van der Waals surface area contributed by atoms with E-state index in [1.807, 2.05) is 0 Å². The molecule has 0 saturated heterocycles. The Balaban J connectivity index is 1.43. The number of benzene rings is 4. The minimum absolute atomic E-state index is 1.09. The van der Waals surface area contributed by atoms with Gasteiger partial charge in [-0.05, 0) is 86.0 Å². The smallest absolute Gasteiger partial charge is 0.000730 e. The summed E-state index contributed by atoms with van der Waals surface area (Å²) in [6.45, 7) is 0. The quantitative estimate of drug-likeness (QED) is 0.299. The molecule has 4 aromatic rings. The molecule has 7 rings (SSSR count). The molecule has 0 spiro atoms. The third-order valence-corrected chi connectivity index (χ3v) is 6.86. The van der Waals surface area contributed by atoms with Crippen LogP contribution in [0.5, 0.6) is 0 Å². The van der Waals surface area contributed by atoms with Crippen LogP contribution in [0.15, 0.2) is 72.8 Å². The number of hydrogen-bond donors (Lipinski definition) is 0. The van der Waals surface area contributed by atoms with Crippen LogP contribution in [0.3, 0.4) is 0 Å². The van der Waals surface area contributed by atoms with Crippen molar-refractivity contribution in [3.05, 3.63) is 106 Å². The lowest BCUT2D eigenvalue weighted by atomic mass is 9.96. The minimum Gasteiger partial charge on any atom is -0.0619 e. The highest BCUT2D eigenvalue weighted by Gasteiger charge is 2.31. The van der Waals surface area contributed by atoms with Crippen molar-refractivity contribution in [3.8, 4) is 33.4 Å². The zero-order valence-electron chi connectivity index (χ0n) is 15.0. The average Bonchev–Trinajstić information content (AvgIpc) is 3.38. The van der Waals surface area contributed by atoms with Gasteiger partial charge < -0.3 is 0 Å². The van der Waals surface area contributed by atoms with E-state index >= 15 is 0 Å². The van der Waals surface area contributed by atoms with Gasteiger partial charge in [0, 0.05) is 0 Å². The lowest BCUT2D eigenvalue weighted by Crippen LogP contribution is -1.93. The van der Waals surface area contributed by atoms with Gasteiger partial charge in [-0.3, -0.25) is 0 Å². The summed E-state index contributed by atoms with van der Waals surface area (Å²) < 4.78 is 0. The van der Waals surface area contributed by atoms with Gasteiger partial charge in [0.15, 0.2) is 0 Å². The molecular weight excluding hydrogens is 324 g/mol. The van der Waals surface area contributed by atoms with E-state index in [1.165, 1.54) is 44.5 Å². The standard InChI is InChI=1S/C27H18/c1-3-7-18-16(5-1)13-24-20(18)9-11-22-23-12-10-21-19-8-4-2-6-17(19)14-25(21)27(23)15-26(22)24/h1-12H,13-15H2. The Morgan fingerprint density at radius 1 is 0.333 bits per heavy atom. The monoisotopic (exact) mass is 342 g/mol. The average molecular weight is 342 g/mol. The first-order valence-electron chi connectivity index (χ1n) is 9.85. The topological polar surface area (TPSA) is 0 Å². The van der Waals surface area contributed by atoms with Crippen molar-refractivity contribution in [3.63, 3.8) is 0 Å². The maximum Gasteiger partial charge on any atom is -0.000730 e. The van der Waals surface area contributed by atoms with Gasteiger partial charge in [0.05, 0.1) is 0 Å². The fraction of sp³-hybridized carbons (Fsp3) is 0.111. The molecule has 0 radical (unpaired) electrons. The Labute approximate surface area is 159 Å². The van der Waals surface area contributed by atoms with Gasteiger partial charge in [-0.2, -0.15) is 0 Å². The van der Waals surface area contributed by atoms with E-state index in [4.69, 9.17) is 0 Å². The molecule has 0 bridgehead atoms. The fourth-order valence-corrected chi connectivity index (χ4v) is 5.64. The van der Waals surface area contributed by atoms with E-state index < -0.39 is 0 Å². The van der Waals surface area contributed by atoms with Crippen LogP contribution >= 0.6 is 0 Å². The zero-order valence-corrected chi connectivity index (χ0v) is 15.0. The summed E-state index contributed by atoms with van der Waals surface area (Å²) in [7, 11) is 0. The van der Waals surface area contributed by atoms with Crippen molar-refractivity contribution >= 4 is 0 Å². The Bertz CT molecular complexity index is 1190. The van der Waals surface area contributed by atoms with Gasteiger partial charge in [-0.25, -0.2) is 0 Å². The first-order chi connectivity index (χ1) is 13.4. The summed E-state index contributed by atoms with van der Waals surface area (Å²) in [5, 5.41) is 0. The van der Waals surface area contributed by atoms with Crippen LogP contribution in [0.25, 0.3) is 33.4 Å². The van der Waals surface area contributed by atoms with Gasteiger partial charge in [0.25, 0.3) is 0 Å². The molecular formula is C27H18. The normalized spacial score (nSPS) is 14.2. The molecule has 3 aliphatic carbocycles. The molecule has 0 aromatic heterocycles. The summed E-state index contributed by atoms with van der Waals surface area (Å²) in [5.41, 5.74) is 17.9. The first kappa shape index (κ1) is 14.0. The molecule has 0 heterocycles. The number of fused-ring (bicyclic) bond motifs is 11. The van der Waals surface area contributed by atoms with E-state index in [-0.39, 0.29) is 0 Å². The summed E-state index contributed by atoms with van der Waals surface area (Å²) >= 11 is 0. The van der Waals surface area contributed by atoms with Crippen LogP contribution in [0, 0.1) is 0 Å². The van der Waals surface area contributed by atoms with Crippen molar-refractivity contribution in [2.45, 2.75) is 19.3 Å². The maximum atomic E-state index is 2.37. The Hall–Kier alpha value is -3.12. The van der Waals surface area contributed by atoms with Crippen molar-refractivity contribution < 1.29 is 0 Å². The molecule has 0 aliphatic heterocycles. The summed E-state index contributed by atoms with van der Waals surface area (Å²) in [6, 6.07) is 27.3. The number of rotatable bonds is 0. The molecule has 126 valence electrons. The summed E-state index contributed by atoms with van der Waals surface area (Å²) in [6.07, 6.45) is 3.27. The van der Waals surface area contributed by atoms with Gasteiger partial charge in [-0.1, -0.05) is 72.8 Å². The molecule has 0 saturated carbocycles. The second kappa shape index (κ2) is 4.78. The maximum absolute atomic E-state index is 2.37. The highest BCUT2D eigenvalue weighted by Crippen LogP contribution is 2.50. The molecule has 0 atom stereocenters. The van der Waals surface area contributed by atoms with Gasteiger partial charge in [-0.15, -0.1) is 0 Å². The van der Waals surface area contributed by atoms with Gasteiger partial charge in [0.2, 0.25) is 0 Å². The minimum atomic E-state index is 1.09. The summed E-state index contributed by atoms with van der Waals surface area (Å²) in [5.74, 6) is 0. The van der Waals surface area contributed by atoms with E-state index in [0.717, 1.165) is 19.3 Å². The van der Waals surface area contributed by atoms with Gasteiger partial charge >= 0.3 is 0 Å². The molecule has 3 aliphatic rings. The lowest BCUT2D eigenvalue weighted by molar-refractivity contribution is 1.13. The molecule has 0 unspecified atom stereocenters. The van der Waals surface area contributed by atoms with E-state index in [1.54, 1.807) is 22.3 Å². The third kappa shape index (κ3) is 1.69. The first-order valence-corrected chi connectivity index (χ1v) is 9.85. The van der Waals surface area contributed by atoms with Crippen molar-refractivity contribution in [1.82, 2.24) is 0 Å². The van der Waals surface area contributed by atoms with E-state index in [0.29, 0.717) is 0 Å². The molecule has 0 N–H and O–H groups in total. The van der Waals surface area contributed by atoms with E-state index in [2.05, 4.69) is 72.8 Å². The summed E-state index contributed by atoms with van der Waals surface area (Å²) in [4.78, 5) is 0. The highest BCUT2D eigenvalue weighted by atomic mass is 14.3. The lowest BCUT2D eigenvalue weighted by Gasteiger charge is -2.08. The van der Waals surface area contributed by atoms with E-state index in [9.17, 15) is 0 Å². The zero-order chi connectivity index (χ0) is 17.5. The van der Waals surface area contributed by atoms with Crippen LogP contribution in [0.1, 0.15) is 33.4 Å². The number of hydrogen-bond acceptors (Lipinski definition) is 0. The second-order valence-corrected chi connectivity index (χ2v) is 8.08. The molecule has 27 heavy (non-hydrogen) atoms. The molecule has 0 fully saturated rings. The third-order valence-electron chi connectivity index (χ3n) is 6.86. The largest absolute Gasteiger partial charge is 0.0619 e. The van der Waals surface area contributed by atoms with Crippen molar-refractivity contribution in [1.29, 1.82) is 0 Å². The molecule has 4 aromatic carbocycles. The highest BCUT2D eigenvalue weighted by molar-refractivity contribution is 5.90. The fourth-order valence-electron chi connectivity index (χ4n) is 5.64. The SMILES string of the molecule is c1ccc2c(c1)Cc1c-2ccc2c1Cc1c-2ccc2c1Cc1ccccc1-2. The Kier molecular flexibility index (Phi) is 2.48. The predicted octanol–water partition coefficient (Wildman–Crippen LogP) is 6.40. The molecule has 0 heteroatoms. The molecule has 0 amide bonds. The van der Waals surface area contributed by atoms with Crippen LogP contribution in [0.2, 0.25) is 0 Å². The van der Waals surface area contributed by atoms with Crippen LogP contribution in [0.4, 0.5) is 0 Å². The van der Waals surface area contributed by atoms with Crippen LogP contribution in [-0.2, 0) is 19.3 Å². The van der Waals surface area contributed by atoms with Gasteiger partial charge in [0.1, 0.15) is 0 Å². The molecule has 0 nitrogen and oxygen atoms in total. The van der Waals surface area contributed by atoms with Crippen LogP contribution in [-0.4, -0.2) is 0 Å². The van der Waals surface area contributed by atoms with Crippen molar-refractivity contribution in [2.75, 3.05) is 0 Å².